The lowest BCUT2D eigenvalue weighted by Crippen LogP contribution is -2.44. The first kappa shape index (κ1) is 18.9. The summed E-state index contributed by atoms with van der Waals surface area (Å²) in [5.41, 5.74) is 2.73. The maximum atomic E-state index is 12.9. The van der Waals surface area contributed by atoms with Crippen LogP contribution in [-0.2, 0) is 16.0 Å². The van der Waals surface area contributed by atoms with Crippen molar-refractivity contribution >= 4 is 49.4 Å². The summed E-state index contributed by atoms with van der Waals surface area (Å²) in [6.45, 7) is 1.40. The van der Waals surface area contributed by atoms with Crippen molar-refractivity contribution < 1.29 is 14.3 Å². The van der Waals surface area contributed by atoms with Crippen molar-refractivity contribution in [3.05, 3.63) is 54.2 Å². The number of fused-ring (bicyclic) bond motifs is 2. The Morgan fingerprint density at radius 1 is 1.24 bits per heavy atom. The third kappa shape index (κ3) is 4.07. The molecular formula is C21H20N4O3S. The van der Waals surface area contributed by atoms with Crippen molar-refractivity contribution in [2.45, 2.75) is 19.4 Å². The fourth-order valence-corrected chi connectivity index (χ4v) is 4.15. The monoisotopic (exact) mass is 408 g/mol. The summed E-state index contributed by atoms with van der Waals surface area (Å²) in [5, 5.41) is 7.09. The average Bonchev–Trinajstić information content (AvgIpc) is 3.30. The molecule has 148 valence electrons. The maximum absolute atomic E-state index is 12.9. The molecule has 4 aromatic rings. The van der Waals surface area contributed by atoms with Crippen molar-refractivity contribution in [3.8, 4) is 5.75 Å². The van der Waals surface area contributed by atoms with Gasteiger partial charge < -0.3 is 20.4 Å². The Hall–Kier alpha value is -3.39. The third-order valence-corrected chi connectivity index (χ3v) is 5.55. The van der Waals surface area contributed by atoms with Crippen LogP contribution in [0.1, 0.15) is 12.5 Å². The fourth-order valence-electron chi connectivity index (χ4n) is 3.25. The highest BCUT2D eigenvalue weighted by molar-refractivity contribution is 7.22. The quantitative estimate of drug-likeness (QED) is 0.455. The van der Waals surface area contributed by atoms with Gasteiger partial charge in [-0.2, -0.15) is 0 Å². The van der Waals surface area contributed by atoms with Gasteiger partial charge >= 0.3 is 0 Å². The zero-order chi connectivity index (χ0) is 20.4. The number of rotatable bonds is 6. The number of nitrogens with zero attached hydrogens (tertiary/aromatic N) is 1. The average molecular weight is 408 g/mol. The van der Waals surface area contributed by atoms with Gasteiger partial charge in [-0.05, 0) is 29.8 Å². The summed E-state index contributed by atoms with van der Waals surface area (Å²) in [5.74, 6) is 0.157. The first-order valence-corrected chi connectivity index (χ1v) is 9.92. The Morgan fingerprint density at radius 2 is 2.07 bits per heavy atom. The molecule has 0 saturated carbocycles. The molecule has 0 radical (unpaired) electrons. The molecule has 0 spiro atoms. The molecule has 2 amide bonds. The van der Waals surface area contributed by atoms with E-state index in [1.807, 2.05) is 48.7 Å². The van der Waals surface area contributed by atoms with Crippen molar-refractivity contribution in [2.75, 3.05) is 12.4 Å². The highest BCUT2D eigenvalue weighted by Crippen LogP contribution is 2.29. The van der Waals surface area contributed by atoms with Crippen molar-refractivity contribution in [3.63, 3.8) is 0 Å². The van der Waals surface area contributed by atoms with E-state index in [0.717, 1.165) is 32.4 Å². The second kappa shape index (κ2) is 7.92. The van der Waals surface area contributed by atoms with Crippen LogP contribution < -0.4 is 15.4 Å². The molecule has 0 aliphatic rings. The highest BCUT2D eigenvalue weighted by atomic mass is 32.1. The zero-order valence-electron chi connectivity index (χ0n) is 16.0. The van der Waals surface area contributed by atoms with Crippen LogP contribution in [0.5, 0.6) is 5.75 Å². The number of amides is 2. The predicted octanol–water partition coefficient (Wildman–Crippen LogP) is 3.47. The molecule has 2 heterocycles. The van der Waals surface area contributed by atoms with Gasteiger partial charge in [-0.1, -0.05) is 29.5 Å². The number of benzene rings is 2. The van der Waals surface area contributed by atoms with E-state index in [9.17, 15) is 9.59 Å². The largest absolute Gasteiger partial charge is 0.497 e. The maximum Gasteiger partial charge on any atom is 0.249 e. The number of ether oxygens (including phenoxy) is 1. The second-order valence-electron chi connectivity index (χ2n) is 6.66. The van der Waals surface area contributed by atoms with Gasteiger partial charge in [0.1, 0.15) is 11.8 Å². The van der Waals surface area contributed by atoms with Gasteiger partial charge in [0, 0.05) is 30.4 Å². The number of nitrogens with one attached hydrogen (secondary N) is 3. The summed E-state index contributed by atoms with van der Waals surface area (Å²) in [6.07, 6.45) is 2.24. The van der Waals surface area contributed by atoms with Gasteiger partial charge in [0.05, 0.1) is 17.3 Å². The van der Waals surface area contributed by atoms with Crippen LogP contribution in [0.2, 0.25) is 0 Å². The minimum absolute atomic E-state index is 0.265. The number of hydrogen-bond donors (Lipinski definition) is 3. The van der Waals surface area contributed by atoms with Crippen molar-refractivity contribution in [2.24, 2.45) is 0 Å². The minimum atomic E-state index is -0.715. The number of thiazole rings is 1. The van der Waals surface area contributed by atoms with Gasteiger partial charge in [0.15, 0.2) is 5.13 Å². The van der Waals surface area contributed by atoms with Gasteiger partial charge in [-0.3, -0.25) is 9.59 Å². The molecule has 0 saturated heterocycles. The standard InChI is InChI=1S/C21H20N4O3S/c1-12(26)23-18(9-13-11-22-16-6-4-3-5-15(13)16)20(27)25-21-24-17-8-7-14(28-2)10-19(17)29-21/h3-8,10-11,18,22H,9H2,1-2H3,(H,23,26)(H,24,25,27). The summed E-state index contributed by atoms with van der Waals surface area (Å²) < 4.78 is 6.14. The van der Waals surface area contributed by atoms with E-state index >= 15 is 0 Å². The van der Waals surface area contributed by atoms with E-state index in [-0.39, 0.29) is 11.8 Å². The summed E-state index contributed by atoms with van der Waals surface area (Å²) >= 11 is 1.36. The number of methoxy groups -OCH3 is 1. The van der Waals surface area contributed by atoms with E-state index in [1.54, 1.807) is 7.11 Å². The summed E-state index contributed by atoms with van der Waals surface area (Å²) in [4.78, 5) is 32.3. The van der Waals surface area contributed by atoms with Crippen LogP contribution in [0.4, 0.5) is 5.13 Å². The Morgan fingerprint density at radius 3 is 2.86 bits per heavy atom. The minimum Gasteiger partial charge on any atom is -0.497 e. The first-order chi connectivity index (χ1) is 14.0. The van der Waals surface area contributed by atoms with E-state index < -0.39 is 6.04 Å². The normalized spacial score (nSPS) is 12.1. The molecule has 2 aromatic carbocycles. The van der Waals surface area contributed by atoms with Crippen LogP contribution in [0.3, 0.4) is 0 Å². The molecule has 2 aromatic heterocycles. The molecule has 29 heavy (non-hydrogen) atoms. The predicted molar refractivity (Wildman–Crippen MR) is 114 cm³/mol. The molecule has 1 atom stereocenters. The van der Waals surface area contributed by atoms with Gasteiger partial charge in [0.25, 0.3) is 0 Å². The lowest BCUT2D eigenvalue weighted by atomic mass is 10.0. The molecule has 8 heteroatoms. The topological polar surface area (TPSA) is 96.1 Å². The molecule has 0 aliphatic heterocycles. The SMILES string of the molecule is COc1ccc2nc(NC(=O)C(Cc3c[nH]c4ccccc34)NC(C)=O)sc2c1. The Balaban J connectivity index is 1.56. The van der Waals surface area contributed by atoms with E-state index in [4.69, 9.17) is 4.74 Å². The Kier molecular flexibility index (Phi) is 5.18. The Labute approximate surface area is 171 Å². The van der Waals surface area contributed by atoms with E-state index in [0.29, 0.717) is 11.6 Å². The molecule has 0 aliphatic carbocycles. The third-order valence-electron chi connectivity index (χ3n) is 4.62. The van der Waals surface area contributed by atoms with Gasteiger partial charge in [-0.25, -0.2) is 4.98 Å². The summed E-state index contributed by atoms with van der Waals surface area (Å²) in [7, 11) is 1.60. The van der Waals surface area contributed by atoms with E-state index in [1.165, 1.54) is 18.3 Å². The summed E-state index contributed by atoms with van der Waals surface area (Å²) in [6, 6.07) is 12.7. The number of anilines is 1. The highest BCUT2D eigenvalue weighted by Gasteiger charge is 2.22. The molecule has 4 rings (SSSR count). The fraction of sp³-hybridized carbons (Fsp3) is 0.190. The second-order valence-corrected chi connectivity index (χ2v) is 7.69. The van der Waals surface area contributed by atoms with Gasteiger partial charge in [0.2, 0.25) is 11.8 Å². The van der Waals surface area contributed by atoms with E-state index in [2.05, 4.69) is 20.6 Å². The molecule has 7 nitrogen and oxygen atoms in total. The lowest BCUT2D eigenvalue weighted by Gasteiger charge is -2.16. The van der Waals surface area contributed by atoms with Crippen LogP contribution >= 0.6 is 11.3 Å². The number of H-pyrrole nitrogens is 1. The number of carbonyl (C=O) groups is 2. The molecule has 0 bridgehead atoms. The number of para-hydroxylation sites is 1. The zero-order valence-corrected chi connectivity index (χ0v) is 16.8. The number of aromatic amines is 1. The number of hydrogen-bond acceptors (Lipinski definition) is 5. The van der Waals surface area contributed by atoms with Crippen molar-refractivity contribution in [1.82, 2.24) is 15.3 Å². The number of carbonyl (C=O) groups excluding carboxylic acids is 2. The number of aromatic nitrogens is 2. The first-order valence-electron chi connectivity index (χ1n) is 9.11. The van der Waals surface area contributed by atoms with Crippen LogP contribution in [-0.4, -0.2) is 34.9 Å². The molecule has 0 fully saturated rings. The van der Waals surface area contributed by atoms with Gasteiger partial charge in [-0.15, -0.1) is 0 Å². The van der Waals surface area contributed by atoms with Crippen LogP contribution in [0.15, 0.2) is 48.7 Å². The lowest BCUT2D eigenvalue weighted by molar-refractivity contribution is -0.125. The van der Waals surface area contributed by atoms with Crippen LogP contribution in [0, 0.1) is 0 Å². The van der Waals surface area contributed by atoms with Crippen LogP contribution in [0.25, 0.3) is 21.1 Å². The smallest absolute Gasteiger partial charge is 0.249 e. The Bertz CT molecular complexity index is 1200. The molecule has 3 N–H and O–H groups in total. The molecule has 1 unspecified atom stereocenters. The molecular weight excluding hydrogens is 388 g/mol. The van der Waals surface area contributed by atoms with Crippen molar-refractivity contribution in [1.29, 1.82) is 0 Å².